The second-order valence-corrected chi connectivity index (χ2v) is 6.05. The van der Waals surface area contributed by atoms with E-state index < -0.39 is 0 Å². The summed E-state index contributed by atoms with van der Waals surface area (Å²) in [7, 11) is 0. The van der Waals surface area contributed by atoms with Crippen LogP contribution in [0, 0.1) is 13.8 Å². The van der Waals surface area contributed by atoms with E-state index in [1.165, 1.54) is 9.75 Å². The van der Waals surface area contributed by atoms with Gasteiger partial charge in [-0.05, 0) is 53.5 Å². The number of aryl methyl sites for hydroxylation is 2. The molecule has 4 heteroatoms. The summed E-state index contributed by atoms with van der Waals surface area (Å²) in [5.74, 6) is 0.782. The van der Waals surface area contributed by atoms with Gasteiger partial charge < -0.3 is 4.42 Å². The third kappa shape index (κ3) is 2.30. The lowest BCUT2D eigenvalue weighted by Gasteiger charge is -2.05. The number of hydrogen-bond donors (Lipinski definition) is 0. The maximum Gasteiger partial charge on any atom is 0.169 e. The lowest BCUT2D eigenvalue weighted by molar-refractivity contribution is 0.494. The molecule has 15 heavy (non-hydrogen) atoms. The third-order valence-electron chi connectivity index (χ3n) is 2.20. The Bertz CT molecular complexity index is 475. The Kier molecular flexibility index (Phi) is 3.24. The van der Waals surface area contributed by atoms with Crippen LogP contribution in [-0.2, 0) is 0 Å². The first-order valence-electron chi connectivity index (χ1n) is 4.54. The zero-order valence-electron chi connectivity index (χ0n) is 8.38. The molecule has 0 saturated carbocycles. The second kappa shape index (κ2) is 4.32. The van der Waals surface area contributed by atoms with E-state index in [0.717, 1.165) is 11.3 Å². The van der Waals surface area contributed by atoms with E-state index in [1.807, 2.05) is 12.1 Å². The van der Waals surface area contributed by atoms with Gasteiger partial charge in [0.1, 0.15) is 11.1 Å². The average Bonchev–Trinajstić information content (AvgIpc) is 2.71. The Balaban J connectivity index is 2.35. The van der Waals surface area contributed by atoms with Crippen LogP contribution in [0.2, 0.25) is 0 Å². The molecule has 2 rings (SSSR count). The van der Waals surface area contributed by atoms with Crippen molar-refractivity contribution in [3.05, 3.63) is 43.9 Å². The topological polar surface area (TPSA) is 13.1 Å². The second-order valence-electron chi connectivity index (χ2n) is 3.37. The molecule has 0 N–H and O–H groups in total. The lowest BCUT2D eigenvalue weighted by atomic mass is 10.1. The molecule has 0 bridgehead atoms. The van der Waals surface area contributed by atoms with Gasteiger partial charge >= 0.3 is 0 Å². The summed E-state index contributed by atoms with van der Waals surface area (Å²) in [6.07, 6.45) is 0. The first kappa shape index (κ1) is 11.2. The van der Waals surface area contributed by atoms with E-state index >= 15 is 0 Å². The summed E-state index contributed by atoms with van der Waals surface area (Å²) in [6.45, 7) is 4.17. The predicted molar refractivity (Wildman–Crippen MR) is 67.9 cm³/mol. The minimum atomic E-state index is -0.193. The van der Waals surface area contributed by atoms with Crippen molar-refractivity contribution >= 4 is 38.9 Å². The molecule has 0 radical (unpaired) electrons. The summed E-state index contributed by atoms with van der Waals surface area (Å²) in [5, 5.41) is -0.193. The maximum absolute atomic E-state index is 6.36. The zero-order chi connectivity index (χ0) is 11.0. The molecule has 1 atom stereocenters. The third-order valence-corrected chi connectivity index (χ3v) is 4.05. The highest BCUT2D eigenvalue weighted by Gasteiger charge is 2.18. The molecule has 0 saturated heterocycles. The summed E-state index contributed by atoms with van der Waals surface area (Å²) in [4.78, 5) is 2.53. The Hall–Kier alpha value is -0.250. The van der Waals surface area contributed by atoms with Gasteiger partial charge in [0.05, 0.1) is 0 Å². The largest absolute Gasteiger partial charge is 0.452 e. The van der Waals surface area contributed by atoms with Crippen molar-refractivity contribution in [2.24, 2.45) is 0 Å². The van der Waals surface area contributed by atoms with Gasteiger partial charge in [-0.15, -0.1) is 22.9 Å². The fourth-order valence-corrected chi connectivity index (χ4v) is 3.21. The van der Waals surface area contributed by atoms with Crippen molar-refractivity contribution in [3.8, 4) is 0 Å². The van der Waals surface area contributed by atoms with Crippen LogP contribution in [0.3, 0.4) is 0 Å². The fraction of sp³-hybridized carbons (Fsp3) is 0.273. The van der Waals surface area contributed by atoms with Crippen LogP contribution in [0.4, 0.5) is 0 Å². The molecule has 2 aromatic rings. The van der Waals surface area contributed by atoms with E-state index in [2.05, 4.69) is 35.8 Å². The Morgan fingerprint density at radius 2 is 2.13 bits per heavy atom. The number of alkyl halides is 1. The number of furan rings is 1. The number of hydrogen-bond acceptors (Lipinski definition) is 2. The molecule has 0 aliphatic heterocycles. The van der Waals surface area contributed by atoms with Crippen molar-refractivity contribution in [3.63, 3.8) is 0 Å². The smallest absolute Gasteiger partial charge is 0.169 e. The first-order valence-corrected chi connectivity index (χ1v) is 6.59. The summed E-state index contributed by atoms with van der Waals surface area (Å²) < 4.78 is 6.17. The van der Waals surface area contributed by atoms with Crippen molar-refractivity contribution < 1.29 is 4.42 Å². The quantitative estimate of drug-likeness (QED) is 0.708. The summed E-state index contributed by atoms with van der Waals surface area (Å²) in [6, 6.07) is 5.88. The number of thiophene rings is 1. The highest BCUT2D eigenvalue weighted by molar-refractivity contribution is 9.10. The monoisotopic (exact) mass is 304 g/mol. The molecule has 1 unspecified atom stereocenters. The molecule has 2 aromatic heterocycles. The Labute approximate surface area is 106 Å². The van der Waals surface area contributed by atoms with E-state index in [4.69, 9.17) is 16.0 Å². The van der Waals surface area contributed by atoms with Crippen molar-refractivity contribution in [1.29, 1.82) is 0 Å². The highest BCUT2D eigenvalue weighted by atomic mass is 79.9. The molecule has 1 nitrogen and oxygen atoms in total. The zero-order valence-corrected chi connectivity index (χ0v) is 11.5. The van der Waals surface area contributed by atoms with Crippen LogP contribution >= 0.6 is 38.9 Å². The van der Waals surface area contributed by atoms with Crippen molar-refractivity contribution in [2.75, 3.05) is 0 Å². The first-order chi connectivity index (χ1) is 7.08. The molecule has 0 aliphatic carbocycles. The maximum atomic E-state index is 6.36. The van der Waals surface area contributed by atoms with E-state index in [0.29, 0.717) is 4.67 Å². The van der Waals surface area contributed by atoms with Gasteiger partial charge in [0.2, 0.25) is 0 Å². The van der Waals surface area contributed by atoms with Gasteiger partial charge in [0, 0.05) is 9.75 Å². The molecule has 2 heterocycles. The van der Waals surface area contributed by atoms with Gasteiger partial charge in [-0.25, -0.2) is 0 Å². The number of halogens is 2. The molecular weight excluding hydrogens is 296 g/mol. The summed E-state index contributed by atoms with van der Waals surface area (Å²) in [5.41, 5.74) is 1.14. The molecule has 0 amide bonds. The fourth-order valence-electron chi connectivity index (χ4n) is 1.52. The van der Waals surface area contributed by atoms with Crippen LogP contribution in [-0.4, -0.2) is 0 Å². The average molecular weight is 306 g/mol. The van der Waals surface area contributed by atoms with E-state index in [1.54, 1.807) is 11.3 Å². The van der Waals surface area contributed by atoms with E-state index in [-0.39, 0.29) is 5.38 Å². The van der Waals surface area contributed by atoms with Gasteiger partial charge in [0.15, 0.2) is 4.67 Å². The van der Waals surface area contributed by atoms with Crippen LogP contribution in [0.1, 0.15) is 26.5 Å². The standard InChI is InChI=1S/C11H10BrClOS/c1-6-5-8(7(2)15-6)11(13)9-3-4-10(12)14-9/h3-5,11H,1-2H3. The van der Waals surface area contributed by atoms with Gasteiger partial charge in [-0.1, -0.05) is 0 Å². The summed E-state index contributed by atoms with van der Waals surface area (Å²) >= 11 is 11.4. The van der Waals surface area contributed by atoms with Crippen LogP contribution in [0.5, 0.6) is 0 Å². The molecular formula is C11H10BrClOS. The molecule has 0 spiro atoms. The van der Waals surface area contributed by atoms with Gasteiger partial charge in [-0.2, -0.15) is 0 Å². The Morgan fingerprint density at radius 3 is 2.60 bits per heavy atom. The molecule has 0 aromatic carbocycles. The van der Waals surface area contributed by atoms with Crippen molar-refractivity contribution in [2.45, 2.75) is 19.2 Å². The minimum Gasteiger partial charge on any atom is -0.452 e. The van der Waals surface area contributed by atoms with Crippen LogP contribution < -0.4 is 0 Å². The van der Waals surface area contributed by atoms with Crippen LogP contribution in [0.25, 0.3) is 0 Å². The Morgan fingerprint density at radius 1 is 1.40 bits per heavy atom. The predicted octanol–water partition coefficient (Wildman–Crippen LogP) is 5.05. The minimum absolute atomic E-state index is 0.193. The SMILES string of the molecule is Cc1cc(C(Cl)c2ccc(Br)o2)c(C)s1. The van der Waals surface area contributed by atoms with Crippen molar-refractivity contribution in [1.82, 2.24) is 0 Å². The van der Waals surface area contributed by atoms with Gasteiger partial charge in [-0.3, -0.25) is 0 Å². The molecule has 0 fully saturated rings. The van der Waals surface area contributed by atoms with Crippen LogP contribution in [0.15, 0.2) is 27.3 Å². The number of rotatable bonds is 2. The molecule has 80 valence electrons. The van der Waals surface area contributed by atoms with Gasteiger partial charge in [0.25, 0.3) is 0 Å². The lowest BCUT2D eigenvalue weighted by Crippen LogP contribution is -1.90. The normalized spacial score (nSPS) is 13.1. The molecule has 0 aliphatic rings. The van der Waals surface area contributed by atoms with E-state index in [9.17, 15) is 0 Å². The highest BCUT2D eigenvalue weighted by Crippen LogP contribution is 2.36.